The van der Waals surface area contributed by atoms with E-state index in [1.807, 2.05) is 0 Å². The average Bonchev–Trinajstić information content (AvgIpc) is 2.59. The van der Waals surface area contributed by atoms with E-state index in [-0.39, 0.29) is 16.4 Å². The molecule has 2 aromatic carbocycles. The van der Waals surface area contributed by atoms with Gasteiger partial charge in [0, 0.05) is 5.56 Å². The highest BCUT2D eigenvalue weighted by Crippen LogP contribution is 2.35. The highest BCUT2D eigenvalue weighted by atomic mass is 79.9. The lowest BCUT2D eigenvalue weighted by Crippen LogP contribution is -2.19. The Bertz CT molecular complexity index is 706. The first-order valence-electron chi connectivity index (χ1n) is 6.77. The molecule has 3 nitrogen and oxygen atoms in total. The second-order valence-corrected chi connectivity index (χ2v) is 6.77. The number of ketones is 1. The molecule has 0 saturated heterocycles. The van der Waals surface area contributed by atoms with Crippen LogP contribution in [0.1, 0.15) is 20.7 Å². The molecule has 0 aliphatic rings. The molecular weight excluding hydrogens is 431 g/mol. The molecule has 0 N–H and O–H groups in total. The molecule has 2 atom stereocenters. The van der Waals surface area contributed by atoms with Crippen LogP contribution < -0.4 is 9.47 Å². The third-order valence-electron chi connectivity index (χ3n) is 3.34. The molecule has 0 heterocycles. The first-order valence-corrected chi connectivity index (χ1v) is 8.61. The Kier molecular flexibility index (Phi) is 6.18. The summed E-state index contributed by atoms with van der Waals surface area (Å²) in [5, 5.41) is 0. The van der Waals surface area contributed by atoms with Crippen molar-refractivity contribution < 1.29 is 18.7 Å². The van der Waals surface area contributed by atoms with Gasteiger partial charge in [-0.2, -0.15) is 0 Å². The maximum Gasteiger partial charge on any atom is 0.178 e. The number of rotatable bonds is 6. The minimum Gasteiger partial charge on any atom is -0.493 e. The molecule has 0 bridgehead atoms. The van der Waals surface area contributed by atoms with Crippen molar-refractivity contribution in [2.24, 2.45) is 0 Å². The summed E-state index contributed by atoms with van der Waals surface area (Å²) in [6, 6.07) is 11.1. The molecule has 0 aliphatic heterocycles. The zero-order valence-corrected chi connectivity index (χ0v) is 15.7. The molecule has 0 saturated carbocycles. The molecule has 2 unspecified atom stereocenters. The maximum atomic E-state index is 13.3. The van der Waals surface area contributed by atoms with Crippen molar-refractivity contribution in [1.82, 2.24) is 0 Å². The zero-order chi connectivity index (χ0) is 17.0. The van der Waals surface area contributed by atoms with Gasteiger partial charge in [-0.15, -0.1) is 0 Å². The smallest absolute Gasteiger partial charge is 0.178 e. The fourth-order valence-electron chi connectivity index (χ4n) is 2.13. The number of carbonyl (C=O) groups is 1. The van der Waals surface area contributed by atoms with E-state index in [0.717, 1.165) is 0 Å². The Balaban J connectivity index is 2.25. The Hall–Kier alpha value is -1.40. The minimum absolute atomic E-state index is 0.142. The fourth-order valence-corrected chi connectivity index (χ4v) is 3.22. The third-order valence-corrected chi connectivity index (χ3v) is 6.05. The standard InChI is InChI=1S/C17H15Br2FO3/c1-22-13-7-6-11(9-14(13)23-2)17(21)16(19)15(18)10-4-3-5-12(20)8-10/h3-9,15-16H,1-2H3. The fraction of sp³-hybridized carbons (Fsp3) is 0.235. The number of benzene rings is 2. The minimum atomic E-state index is -0.553. The summed E-state index contributed by atoms with van der Waals surface area (Å²) in [4.78, 5) is 11.7. The van der Waals surface area contributed by atoms with Crippen molar-refractivity contribution in [3.8, 4) is 11.5 Å². The van der Waals surface area contributed by atoms with Crippen LogP contribution in [0.25, 0.3) is 0 Å². The number of hydrogen-bond donors (Lipinski definition) is 0. The van der Waals surface area contributed by atoms with Crippen LogP contribution in [0.15, 0.2) is 42.5 Å². The Morgan fingerprint density at radius 2 is 1.74 bits per heavy atom. The molecule has 0 amide bonds. The largest absolute Gasteiger partial charge is 0.493 e. The van der Waals surface area contributed by atoms with Crippen LogP contribution in [-0.2, 0) is 0 Å². The quantitative estimate of drug-likeness (QED) is 0.467. The third kappa shape index (κ3) is 4.12. The van der Waals surface area contributed by atoms with Crippen LogP contribution in [0.3, 0.4) is 0 Å². The van der Waals surface area contributed by atoms with Crippen LogP contribution in [0, 0.1) is 5.82 Å². The molecule has 2 aromatic rings. The van der Waals surface area contributed by atoms with E-state index >= 15 is 0 Å². The van der Waals surface area contributed by atoms with Gasteiger partial charge in [0.1, 0.15) is 5.82 Å². The maximum absolute atomic E-state index is 13.3. The van der Waals surface area contributed by atoms with Gasteiger partial charge in [0.25, 0.3) is 0 Å². The van der Waals surface area contributed by atoms with Crippen LogP contribution in [0.4, 0.5) is 4.39 Å². The second-order valence-electron chi connectivity index (χ2n) is 4.79. The van der Waals surface area contributed by atoms with E-state index in [1.54, 1.807) is 30.3 Å². The van der Waals surface area contributed by atoms with Crippen molar-refractivity contribution in [3.63, 3.8) is 0 Å². The lowest BCUT2D eigenvalue weighted by Gasteiger charge is -2.17. The summed E-state index contributed by atoms with van der Waals surface area (Å²) in [6.07, 6.45) is 0. The van der Waals surface area contributed by atoms with Crippen LogP contribution >= 0.6 is 31.9 Å². The molecule has 122 valence electrons. The van der Waals surface area contributed by atoms with E-state index in [1.165, 1.54) is 26.4 Å². The van der Waals surface area contributed by atoms with Gasteiger partial charge in [0.05, 0.1) is 23.9 Å². The molecule has 0 fully saturated rings. The van der Waals surface area contributed by atoms with Gasteiger partial charge in [0.15, 0.2) is 17.3 Å². The summed E-state index contributed by atoms with van der Waals surface area (Å²) in [5.41, 5.74) is 1.16. The predicted octanol–water partition coefficient (Wildman–Crippen LogP) is 4.93. The van der Waals surface area contributed by atoms with Crippen molar-refractivity contribution in [2.75, 3.05) is 14.2 Å². The topological polar surface area (TPSA) is 35.5 Å². The van der Waals surface area contributed by atoms with Crippen molar-refractivity contribution >= 4 is 37.6 Å². The summed E-state index contributed by atoms with van der Waals surface area (Å²) in [5.74, 6) is 0.549. The number of methoxy groups -OCH3 is 2. The lowest BCUT2D eigenvalue weighted by atomic mass is 10.0. The number of hydrogen-bond acceptors (Lipinski definition) is 3. The summed E-state index contributed by atoms with van der Waals surface area (Å²) < 4.78 is 23.7. The van der Waals surface area contributed by atoms with Crippen molar-refractivity contribution in [3.05, 3.63) is 59.4 Å². The first-order chi connectivity index (χ1) is 11.0. The van der Waals surface area contributed by atoms with Gasteiger partial charge in [-0.05, 0) is 35.9 Å². The Labute approximate surface area is 151 Å². The number of halogens is 3. The van der Waals surface area contributed by atoms with Crippen LogP contribution in [0.5, 0.6) is 11.5 Å². The molecule has 0 radical (unpaired) electrons. The van der Waals surface area contributed by atoms with E-state index in [0.29, 0.717) is 22.6 Å². The highest BCUT2D eigenvalue weighted by molar-refractivity contribution is 9.12. The molecule has 0 spiro atoms. The Morgan fingerprint density at radius 1 is 1.04 bits per heavy atom. The molecule has 0 aliphatic carbocycles. The predicted molar refractivity (Wildman–Crippen MR) is 94.7 cm³/mol. The molecule has 6 heteroatoms. The van der Waals surface area contributed by atoms with Crippen LogP contribution in [0.2, 0.25) is 0 Å². The molecule has 0 aromatic heterocycles. The Morgan fingerprint density at radius 3 is 2.35 bits per heavy atom. The van der Waals surface area contributed by atoms with E-state index in [9.17, 15) is 9.18 Å². The van der Waals surface area contributed by atoms with Crippen molar-refractivity contribution in [2.45, 2.75) is 9.65 Å². The molecule has 23 heavy (non-hydrogen) atoms. The van der Waals surface area contributed by atoms with Crippen LogP contribution in [-0.4, -0.2) is 24.8 Å². The summed E-state index contributed by atoms with van der Waals surface area (Å²) >= 11 is 6.85. The number of carbonyl (C=O) groups excluding carboxylic acids is 1. The van der Waals surface area contributed by atoms with Gasteiger partial charge >= 0.3 is 0 Å². The monoisotopic (exact) mass is 444 g/mol. The first kappa shape index (κ1) is 17.9. The van der Waals surface area contributed by atoms with E-state index in [4.69, 9.17) is 9.47 Å². The SMILES string of the molecule is COc1ccc(C(=O)C(Br)C(Br)c2cccc(F)c2)cc1OC. The molecule has 2 rings (SSSR count). The number of ether oxygens (including phenoxy) is 2. The number of alkyl halides is 2. The van der Waals surface area contributed by atoms with E-state index in [2.05, 4.69) is 31.9 Å². The van der Waals surface area contributed by atoms with Gasteiger partial charge in [-0.1, -0.05) is 44.0 Å². The zero-order valence-electron chi connectivity index (χ0n) is 12.6. The van der Waals surface area contributed by atoms with Gasteiger partial charge in [-0.25, -0.2) is 4.39 Å². The summed E-state index contributed by atoms with van der Waals surface area (Å²) in [6.45, 7) is 0. The lowest BCUT2D eigenvalue weighted by molar-refractivity contribution is 0.0990. The van der Waals surface area contributed by atoms with E-state index < -0.39 is 4.83 Å². The highest BCUT2D eigenvalue weighted by Gasteiger charge is 2.27. The van der Waals surface area contributed by atoms with Crippen molar-refractivity contribution in [1.29, 1.82) is 0 Å². The molecular formula is C17H15Br2FO3. The van der Waals surface area contributed by atoms with Gasteiger partial charge in [-0.3, -0.25) is 4.79 Å². The van der Waals surface area contributed by atoms with Gasteiger partial charge in [0.2, 0.25) is 0 Å². The second kappa shape index (κ2) is 7.93. The summed E-state index contributed by atoms with van der Waals surface area (Å²) in [7, 11) is 3.04. The van der Waals surface area contributed by atoms with Gasteiger partial charge < -0.3 is 9.47 Å². The average molecular weight is 446 g/mol. The number of Topliss-reactive ketones (excluding diaryl/α,β-unsaturated/α-hetero) is 1. The normalized spacial score (nSPS) is 13.3.